The normalized spacial score (nSPS) is 26.4. The van der Waals surface area contributed by atoms with Crippen LogP contribution in [0.4, 0.5) is 0 Å². The molecule has 2 rings (SSSR count). The van der Waals surface area contributed by atoms with E-state index in [0.717, 1.165) is 28.3 Å². The lowest BCUT2D eigenvalue weighted by atomic mass is 9.90. The third kappa shape index (κ3) is 3.01. The van der Waals surface area contributed by atoms with Crippen molar-refractivity contribution < 1.29 is 9.47 Å². The number of halogens is 2. The van der Waals surface area contributed by atoms with Crippen LogP contribution in [0.25, 0.3) is 0 Å². The third-order valence-corrected chi connectivity index (χ3v) is 4.40. The summed E-state index contributed by atoms with van der Waals surface area (Å²) in [6.07, 6.45) is 0.825. The summed E-state index contributed by atoms with van der Waals surface area (Å²) < 4.78 is 11.4. The number of benzene rings is 1. The van der Waals surface area contributed by atoms with E-state index in [4.69, 9.17) is 32.7 Å². The standard InChI is InChI=1S/C15H20Cl2O2/c1-8(2)10-6-13(9(3)5-11(10)16)19-14-7-12(17)15(14)18-4/h5-6,8,12,14-15H,7H2,1-4H3. The van der Waals surface area contributed by atoms with E-state index in [0.29, 0.717) is 5.92 Å². The fraction of sp³-hybridized carbons (Fsp3) is 0.600. The molecule has 0 saturated heterocycles. The number of hydrogen-bond donors (Lipinski definition) is 0. The zero-order chi connectivity index (χ0) is 14.2. The Labute approximate surface area is 125 Å². The molecule has 4 heteroatoms. The summed E-state index contributed by atoms with van der Waals surface area (Å²) >= 11 is 12.4. The van der Waals surface area contributed by atoms with E-state index in [9.17, 15) is 0 Å². The highest BCUT2D eigenvalue weighted by Gasteiger charge is 2.42. The molecule has 106 valence electrons. The lowest BCUT2D eigenvalue weighted by Gasteiger charge is -2.40. The number of hydrogen-bond acceptors (Lipinski definition) is 2. The molecule has 19 heavy (non-hydrogen) atoms. The molecule has 0 heterocycles. The fourth-order valence-corrected chi connectivity index (χ4v) is 3.22. The Morgan fingerprint density at radius 3 is 2.53 bits per heavy atom. The van der Waals surface area contributed by atoms with Crippen molar-refractivity contribution in [3.05, 3.63) is 28.3 Å². The topological polar surface area (TPSA) is 18.5 Å². The molecule has 1 fully saturated rings. The second-order valence-electron chi connectivity index (χ2n) is 5.40. The first kappa shape index (κ1) is 15.0. The molecule has 1 aliphatic rings. The van der Waals surface area contributed by atoms with Gasteiger partial charge in [0.25, 0.3) is 0 Å². The van der Waals surface area contributed by atoms with Crippen molar-refractivity contribution in [1.82, 2.24) is 0 Å². The first-order valence-corrected chi connectivity index (χ1v) is 7.39. The molecule has 1 aromatic rings. The number of rotatable bonds is 4. The first-order chi connectivity index (χ1) is 8.93. The first-order valence-electron chi connectivity index (χ1n) is 6.57. The van der Waals surface area contributed by atoms with Gasteiger partial charge in [-0.25, -0.2) is 0 Å². The summed E-state index contributed by atoms with van der Waals surface area (Å²) in [5.74, 6) is 1.25. The maximum absolute atomic E-state index is 6.26. The van der Waals surface area contributed by atoms with Crippen molar-refractivity contribution >= 4 is 23.2 Å². The van der Waals surface area contributed by atoms with E-state index in [2.05, 4.69) is 13.8 Å². The van der Waals surface area contributed by atoms with Crippen LogP contribution in [0, 0.1) is 6.92 Å². The van der Waals surface area contributed by atoms with Crippen LogP contribution in [-0.2, 0) is 4.74 Å². The smallest absolute Gasteiger partial charge is 0.128 e. The average Bonchev–Trinajstić information content (AvgIpc) is 2.31. The molecule has 1 saturated carbocycles. The average molecular weight is 303 g/mol. The van der Waals surface area contributed by atoms with Gasteiger partial charge in [-0.2, -0.15) is 0 Å². The van der Waals surface area contributed by atoms with Crippen LogP contribution in [0.15, 0.2) is 12.1 Å². The van der Waals surface area contributed by atoms with Gasteiger partial charge in [-0.1, -0.05) is 25.4 Å². The molecule has 0 aromatic heterocycles. The van der Waals surface area contributed by atoms with Crippen LogP contribution in [0.3, 0.4) is 0 Å². The summed E-state index contributed by atoms with van der Waals surface area (Å²) in [6.45, 7) is 6.25. The molecular weight excluding hydrogens is 283 g/mol. The van der Waals surface area contributed by atoms with E-state index in [-0.39, 0.29) is 17.6 Å². The van der Waals surface area contributed by atoms with Gasteiger partial charge in [0.15, 0.2) is 0 Å². The molecule has 0 radical (unpaired) electrons. The summed E-state index contributed by atoms with van der Waals surface area (Å²) in [6, 6.07) is 4.00. The van der Waals surface area contributed by atoms with Crippen LogP contribution < -0.4 is 4.74 Å². The third-order valence-electron chi connectivity index (χ3n) is 3.65. The Morgan fingerprint density at radius 2 is 2.00 bits per heavy atom. The van der Waals surface area contributed by atoms with Crippen LogP contribution in [0.5, 0.6) is 5.75 Å². The molecule has 0 N–H and O–H groups in total. The van der Waals surface area contributed by atoms with Crippen molar-refractivity contribution in [3.8, 4) is 5.75 Å². The van der Waals surface area contributed by atoms with Gasteiger partial charge < -0.3 is 9.47 Å². The molecule has 3 unspecified atom stereocenters. The Bertz CT molecular complexity index is 460. The van der Waals surface area contributed by atoms with Gasteiger partial charge >= 0.3 is 0 Å². The highest BCUT2D eigenvalue weighted by Crippen LogP contribution is 2.36. The van der Waals surface area contributed by atoms with Crippen molar-refractivity contribution in [3.63, 3.8) is 0 Å². The van der Waals surface area contributed by atoms with E-state index in [1.54, 1.807) is 7.11 Å². The van der Waals surface area contributed by atoms with E-state index in [1.807, 2.05) is 19.1 Å². The zero-order valence-electron chi connectivity index (χ0n) is 11.7. The Hall–Kier alpha value is -0.440. The monoisotopic (exact) mass is 302 g/mol. The van der Waals surface area contributed by atoms with Crippen molar-refractivity contribution in [2.75, 3.05) is 7.11 Å². The van der Waals surface area contributed by atoms with Crippen LogP contribution in [0.1, 0.15) is 37.3 Å². The molecule has 0 spiro atoms. The molecule has 2 nitrogen and oxygen atoms in total. The van der Waals surface area contributed by atoms with Crippen LogP contribution in [-0.4, -0.2) is 24.7 Å². The summed E-state index contributed by atoms with van der Waals surface area (Å²) in [4.78, 5) is 0. The predicted molar refractivity (Wildman–Crippen MR) is 79.7 cm³/mol. The van der Waals surface area contributed by atoms with E-state index in [1.165, 1.54) is 0 Å². The largest absolute Gasteiger partial charge is 0.487 e. The van der Waals surface area contributed by atoms with Gasteiger partial charge in [0.2, 0.25) is 0 Å². The second-order valence-corrected chi connectivity index (χ2v) is 6.37. The summed E-state index contributed by atoms with van der Waals surface area (Å²) in [5, 5.41) is 0.846. The van der Waals surface area contributed by atoms with Crippen molar-refractivity contribution in [2.45, 2.75) is 50.7 Å². The van der Waals surface area contributed by atoms with Gasteiger partial charge in [-0.3, -0.25) is 0 Å². The molecule has 1 aliphatic carbocycles. The highest BCUT2D eigenvalue weighted by atomic mass is 35.5. The quantitative estimate of drug-likeness (QED) is 0.760. The molecular formula is C15H20Cl2O2. The zero-order valence-corrected chi connectivity index (χ0v) is 13.3. The highest BCUT2D eigenvalue weighted by molar-refractivity contribution is 6.31. The maximum Gasteiger partial charge on any atom is 0.128 e. The Kier molecular flexibility index (Phi) is 4.65. The van der Waals surface area contributed by atoms with Gasteiger partial charge in [0.05, 0.1) is 5.38 Å². The number of methoxy groups -OCH3 is 1. The molecule has 0 bridgehead atoms. The van der Waals surface area contributed by atoms with E-state index < -0.39 is 0 Å². The predicted octanol–water partition coefficient (Wildman–Crippen LogP) is 4.55. The number of ether oxygens (including phenoxy) is 2. The number of alkyl halides is 1. The summed E-state index contributed by atoms with van der Waals surface area (Å²) in [5.41, 5.74) is 2.15. The van der Waals surface area contributed by atoms with Gasteiger partial charge in [0.1, 0.15) is 18.0 Å². The molecule has 0 aliphatic heterocycles. The molecule has 0 amide bonds. The Morgan fingerprint density at radius 1 is 1.32 bits per heavy atom. The van der Waals surface area contributed by atoms with Crippen molar-refractivity contribution in [2.24, 2.45) is 0 Å². The van der Waals surface area contributed by atoms with Gasteiger partial charge in [-0.05, 0) is 36.1 Å². The minimum atomic E-state index is -0.0285. The van der Waals surface area contributed by atoms with Gasteiger partial charge in [0, 0.05) is 18.6 Å². The van der Waals surface area contributed by atoms with Gasteiger partial charge in [-0.15, -0.1) is 11.6 Å². The van der Waals surface area contributed by atoms with Crippen LogP contribution in [0.2, 0.25) is 5.02 Å². The summed E-state index contributed by atoms with van der Waals surface area (Å²) in [7, 11) is 1.67. The lowest BCUT2D eigenvalue weighted by molar-refractivity contribution is -0.0586. The second kappa shape index (κ2) is 5.90. The maximum atomic E-state index is 6.26. The molecule has 3 atom stereocenters. The fourth-order valence-electron chi connectivity index (χ4n) is 2.34. The van der Waals surface area contributed by atoms with Crippen molar-refractivity contribution in [1.29, 1.82) is 0 Å². The minimum absolute atomic E-state index is 0.0285. The van der Waals surface area contributed by atoms with Crippen LogP contribution >= 0.6 is 23.2 Å². The lowest BCUT2D eigenvalue weighted by Crippen LogP contribution is -2.52. The molecule has 1 aromatic carbocycles. The van der Waals surface area contributed by atoms with E-state index >= 15 is 0 Å². The minimum Gasteiger partial charge on any atom is -0.487 e. The number of aryl methyl sites for hydroxylation is 1. The SMILES string of the molecule is COC1C(Cl)CC1Oc1cc(C(C)C)c(Cl)cc1C. The Balaban J connectivity index is 2.19.